The van der Waals surface area contributed by atoms with Gasteiger partial charge in [0.1, 0.15) is 5.60 Å². The Balaban J connectivity index is 2.63. The number of rotatable bonds is 0. The van der Waals surface area contributed by atoms with Gasteiger partial charge in [0.15, 0.2) is 0 Å². The average molecular weight is 254 g/mol. The van der Waals surface area contributed by atoms with Crippen molar-refractivity contribution in [3.63, 3.8) is 0 Å². The molecule has 0 saturated carbocycles. The molecule has 1 aliphatic rings. The maximum absolute atomic E-state index is 12.5. The van der Waals surface area contributed by atoms with Gasteiger partial charge < -0.3 is 15.4 Å². The molecule has 1 saturated heterocycles. The number of nitrogens with zero attached hydrogens (tertiary/aromatic N) is 1. The lowest BCUT2D eigenvalue weighted by molar-refractivity contribution is -0.173. The second-order valence-electron chi connectivity index (χ2n) is 5.20. The van der Waals surface area contributed by atoms with Crippen LogP contribution in [0.1, 0.15) is 20.8 Å². The summed E-state index contributed by atoms with van der Waals surface area (Å²) in [6.45, 7) is 4.41. The molecule has 1 aliphatic heterocycles. The predicted molar refractivity (Wildman–Crippen MR) is 55.3 cm³/mol. The minimum Gasteiger partial charge on any atom is -0.444 e. The molecule has 1 unspecified atom stereocenters. The van der Waals surface area contributed by atoms with Crippen molar-refractivity contribution in [2.45, 2.75) is 38.6 Å². The molecule has 0 bridgehead atoms. The fourth-order valence-electron chi connectivity index (χ4n) is 1.65. The van der Waals surface area contributed by atoms with Crippen molar-refractivity contribution in [2.24, 2.45) is 11.7 Å². The number of nitrogens with two attached hydrogens (primary N) is 1. The standard InChI is InChI=1S/C10H17F3N2O2/c1-9(2,3)17-8(16)15-4-6(7(14)5-15)10(11,12)13/h6-7H,4-5,14H2,1-3H3/t6-,7?/m0/s1. The number of alkyl halides is 3. The second-order valence-corrected chi connectivity index (χ2v) is 5.20. The zero-order chi connectivity index (χ0) is 13.4. The molecule has 2 N–H and O–H groups in total. The Morgan fingerprint density at radius 1 is 1.29 bits per heavy atom. The van der Waals surface area contributed by atoms with Crippen LogP contribution in [0.2, 0.25) is 0 Å². The van der Waals surface area contributed by atoms with Crippen LogP contribution < -0.4 is 5.73 Å². The lowest BCUT2D eigenvalue weighted by Crippen LogP contribution is -2.38. The van der Waals surface area contributed by atoms with E-state index in [-0.39, 0.29) is 6.54 Å². The Hall–Kier alpha value is -0.980. The minimum atomic E-state index is -4.38. The van der Waals surface area contributed by atoms with Crippen LogP contribution in [0.25, 0.3) is 0 Å². The summed E-state index contributed by atoms with van der Waals surface area (Å²) in [5.41, 5.74) is 4.66. The maximum Gasteiger partial charge on any atom is 0.410 e. The van der Waals surface area contributed by atoms with Crippen LogP contribution in [0.5, 0.6) is 0 Å². The van der Waals surface area contributed by atoms with Crippen LogP contribution in [-0.2, 0) is 4.74 Å². The van der Waals surface area contributed by atoms with Gasteiger partial charge in [-0.3, -0.25) is 0 Å². The van der Waals surface area contributed by atoms with Crippen LogP contribution in [0, 0.1) is 5.92 Å². The number of hydrogen-bond acceptors (Lipinski definition) is 3. The molecule has 0 aromatic carbocycles. The highest BCUT2D eigenvalue weighted by atomic mass is 19.4. The smallest absolute Gasteiger partial charge is 0.410 e. The van der Waals surface area contributed by atoms with Crippen molar-refractivity contribution in [1.82, 2.24) is 4.90 Å². The van der Waals surface area contributed by atoms with Gasteiger partial charge in [0.2, 0.25) is 0 Å². The Bertz CT molecular complexity index is 299. The number of hydrogen-bond donors (Lipinski definition) is 1. The van der Waals surface area contributed by atoms with Gasteiger partial charge in [-0.15, -0.1) is 0 Å². The molecule has 2 atom stereocenters. The van der Waals surface area contributed by atoms with Crippen molar-refractivity contribution >= 4 is 6.09 Å². The highest BCUT2D eigenvalue weighted by Crippen LogP contribution is 2.33. The van der Waals surface area contributed by atoms with Crippen molar-refractivity contribution < 1.29 is 22.7 Å². The van der Waals surface area contributed by atoms with Crippen LogP contribution >= 0.6 is 0 Å². The van der Waals surface area contributed by atoms with E-state index < -0.39 is 36.4 Å². The Labute approximate surface area is 97.9 Å². The molecule has 17 heavy (non-hydrogen) atoms. The summed E-state index contributed by atoms with van der Waals surface area (Å²) in [7, 11) is 0. The molecule has 0 aliphatic carbocycles. The van der Waals surface area contributed by atoms with E-state index >= 15 is 0 Å². The van der Waals surface area contributed by atoms with Crippen LogP contribution in [0.4, 0.5) is 18.0 Å². The van der Waals surface area contributed by atoms with E-state index in [2.05, 4.69) is 0 Å². The Morgan fingerprint density at radius 3 is 2.18 bits per heavy atom. The fourth-order valence-corrected chi connectivity index (χ4v) is 1.65. The molecule has 1 heterocycles. The molecule has 0 spiro atoms. The molecule has 1 amide bonds. The van der Waals surface area contributed by atoms with Gasteiger partial charge in [-0.1, -0.05) is 0 Å². The highest BCUT2D eigenvalue weighted by molar-refractivity contribution is 5.68. The van der Waals surface area contributed by atoms with Gasteiger partial charge in [-0.2, -0.15) is 13.2 Å². The Kier molecular flexibility index (Phi) is 3.61. The first-order valence-electron chi connectivity index (χ1n) is 5.31. The minimum absolute atomic E-state index is 0.126. The zero-order valence-corrected chi connectivity index (χ0v) is 10.0. The monoisotopic (exact) mass is 254 g/mol. The second kappa shape index (κ2) is 4.36. The molecule has 4 nitrogen and oxygen atoms in total. The predicted octanol–water partition coefficient (Wildman–Crippen LogP) is 1.74. The number of halogens is 3. The topological polar surface area (TPSA) is 55.6 Å². The van der Waals surface area contributed by atoms with Gasteiger partial charge >= 0.3 is 12.3 Å². The van der Waals surface area contributed by atoms with Crippen LogP contribution in [0.15, 0.2) is 0 Å². The fraction of sp³-hybridized carbons (Fsp3) is 0.900. The SMILES string of the molecule is CC(C)(C)OC(=O)N1CC(N)[C@@H](C(F)(F)F)C1. The first-order valence-corrected chi connectivity index (χ1v) is 5.31. The first-order chi connectivity index (χ1) is 7.50. The normalized spacial score (nSPS) is 26.2. The molecule has 1 fully saturated rings. The molecule has 1 rings (SSSR count). The molecule has 0 aromatic heterocycles. The maximum atomic E-state index is 12.5. The Morgan fingerprint density at radius 2 is 1.82 bits per heavy atom. The van der Waals surface area contributed by atoms with E-state index in [1.165, 1.54) is 0 Å². The summed E-state index contributed by atoms with van der Waals surface area (Å²) in [6.07, 6.45) is -5.13. The summed E-state index contributed by atoms with van der Waals surface area (Å²) < 4.78 is 42.6. The van der Waals surface area contributed by atoms with Gasteiger partial charge in [0.05, 0.1) is 5.92 Å². The lowest BCUT2D eigenvalue weighted by Gasteiger charge is -2.24. The number of carbonyl (C=O) groups is 1. The van der Waals surface area contributed by atoms with E-state index in [1.54, 1.807) is 20.8 Å². The third kappa shape index (κ3) is 3.76. The molecule has 7 heteroatoms. The largest absolute Gasteiger partial charge is 0.444 e. The summed E-state index contributed by atoms with van der Waals surface area (Å²) in [5, 5.41) is 0. The van der Waals surface area contributed by atoms with Gasteiger partial charge in [-0.25, -0.2) is 4.79 Å². The average Bonchev–Trinajstić information content (AvgIpc) is 2.42. The summed E-state index contributed by atoms with van der Waals surface area (Å²) in [5.74, 6) is -1.67. The number of amides is 1. The quantitative estimate of drug-likeness (QED) is 0.716. The van der Waals surface area contributed by atoms with Crippen molar-refractivity contribution in [3.8, 4) is 0 Å². The number of ether oxygens (including phenoxy) is 1. The van der Waals surface area contributed by atoms with Crippen LogP contribution in [0.3, 0.4) is 0 Å². The van der Waals surface area contributed by atoms with Crippen LogP contribution in [-0.4, -0.2) is 41.9 Å². The van der Waals surface area contributed by atoms with Gasteiger partial charge in [0, 0.05) is 19.1 Å². The van der Waals surface area contributed by atoms with Gasteiger partial charge in [-0.05, 0) is 20.8 Å². The molecular formula is C10H17F3N2O2. The number of likely N-dealkylation sites (tertiary alicyclic amines) is 1. The summed E-state index contributed by atoms with van der Waals surface area (Å²) >= 11 is 0. The molecule has 0 aromatic rings. The van der Waals surface area contributed by atoms with E-state index in [1.807, 2.05) is 0 Å². The van der Waals surface area contributed by atoms with Crippen molar-refractivity contribution in [1.29, 1.82) is 0 Å². The summed E-state index contributed by atoms with van der Waals surface area (Å²) in [4.78, 5) is 12.6. The highest BCUT2D eigenvalue weighted by Gasteiger charge is 2.50. The van der Waals surface area contributed by atoms with Gasteiger partial charge in [0.25, 0.3) is 0 Å². The van der Waals surface area contributed by atoms with E-state index in [9.17, 15) is 18.0 Å². The van der Waals surface area contributed by atoms with Crippen molar-refractivity contribution in [2.75, 3.05) is 13.1 Å². The van der Waals surface area contributed by atoms with E-state index in [4.69, 9.17) is 10.5 Å². The molecular weight excluding hydrogens is 237 g/mol. The lowest BCUT2D eigenvalue weighted by atomic mass is 10.1. The van der Waals surface area contributed by atoms with Crippen molar-refractivity contribution in [3.05, 3.63) is 0 Å². The summed E-state index contributed by atoms with van der Waals surface area (Å²) in [6, 6.07) is -1.08. The molecule has 100 valence electrons. The zero-order valence-electron chi connectivity index (χ0n) is 10.0. The third-order valence-corrected chi connectivity index (χ3v) is 2.44. The molecule has 0 radical (unpaired) electrons. The van der Waals surface area contributed by atoms with E-state index in [0.717, 1.165) is 4.90 Å². The first kappa shape index (κ1) is 14.1. The third-order valence-electron chi connectivity index (χ3n) is 2.44. The number of carbonyl (C=O) groups excluding carboxylic acids is 1. The van der Waals surface area contributed by atoms with E-state index in [0.29, 0.717) is 0 Å².